The Bertz CT molecular complexity index is 1980. The Morgan fingerprint density at radius 3 is 1.90 bits per heavy atom. The fraction of sp³-hybridized carbons (Fsp3) is 0.0270. The molecule has 39 heavy (non-hydrogen) atoms. The molecule has 0 N–H and O–H groups in total. The third kappa shape index (κ3) is 3.19. The number of hydrogen-bond donors (Lipinski definition) is 0. The van der Waals surface area contributed by atoms with Crippen molar-refractivity contribution in [3.05, 3.63) is 172 Å². The zero-order valence-electron chi connectivity index (χ0n) is 21.2. The summed E-state index contributed by atoms with van der Waals surface area (Å²) in [5.41, 5.74) is 9.70. The van der Waals surface area contributed by atoms with E-state index >= 15 is 0 Å². The summed E-state index contributed by atoms with van der Waals surface area (Å²) in [6, 6.07) is 51.0. The minimum absolute atomic E-state index is 0.428. The van der Waals surface area contributed by atoms with Crippen molar-refractivity contribution in [2.75, 3.05) is 0 Å². The van der Waals surface area contributed by atoms with Crippen molar-refractivity contribution >= 4 is 37.6 Å². The van der Waals surface area contributed by atoms with E-state index in [1.54, 1.807) is 0 Å². The lowest BCUT2D eigenvalue weighted by molar-refractivity contribution is 0.766. The normalized spacial score (nSPS) is 13.5. The van der Waals surface area contributed by atoms with Gasteiger partial charge in [0.2, 0.25) is 0 Å². The molecule has 1 heterocycles. The van der Waals surface area contributed by atoms with Gasteiger partial charge >= 0.3 is 0 Å². The van der Waals surface area contributed by atoms with Gasteiger partial charge in [-0.15, -0.1) is 0 Å². The van der Waals surface area contributed by atoms with Crippen LogP contribution >= 0.6 is 15.9 Å². The Labute approximate surface area is 236 Å². The SMILES string of the molecule is Brc1ccc2c(c1)C(c1ccccc1)(c1ccccc1)c1cc(-n3ccc4c5ccccc5ccc43)ccc1-2. The molecule has 0 spiro atoms. The highest BCUT2D eigenvalue weighted by molar-refractivity contribution is 9.10. The van der Waals surface area contributed by atoms with Gasteiger partial charge in [0.05, 0.1) is 10.9 Å². The number of rotatable bonds is 3. The molecule has 0 radical (unpaired) electrons. The van der Waals surface area contributed by atoms with Gasteiger partial charge in [-0.1, -0.05) is 119 Å². The van der Waals surface area contributed by atoms with Crippen molar-refractivity contribution < 1.29 is 0 Å². The molecule has 0 atom stereocenters. The maximum atomic E-state index is 3.80. The number of fused-ring (bicyclic) bond motifs is 6. The standard InChI is InChI=1S/C37H24BrN/c38-28-16-18-31-32-19-17-29(39-22-21-33-30-14-8-7-9-25(30)15-20-36(33)39)24-35(32)37(34(31)23-28,26-10-3-1-4-11-26)27-12-5-2-6-13-27/h1-24H. The largest absolute Gasteiger partial charge is 0.317 e. The van der Waals surface area contributed by atoms with Crippen molar-refractivity contribution in [1.29, 1.82) is 0 Å². The van der Waals surface area contributed by atoms with E-state index in [2.05, 4.69) is 166 Å². The van der Waals surface area contributed by atoms with Gasteiger partial charge in [-0.2, -0.15) is 0 Å². The second-order valence-corrected chi connectivity index (χ2v) is 11.2. The van der Waals surface area contributed by atoms with Crippen LogP contribution in [-0.4, -0.2) is 4.57 Å². The predicted octanol–water partition coefficient (Wildman–Crippen LogP) is 9.91. The van der Waals surface area contributed by atoms with E-state index in [0.717, 1.165) is 4.47 Å². The Morgan fingerprint density at radius 2 is 1.15 bits per heavy atom. The quantitative estimate of drug-likeness (QED) is 0.202. The third-order valence-electron chi connectivity index (χ3n) is 8.37. The lowest BCUT2D eigenvalue weighted by atomic mass is 9.67. The lowest BCUT2D eigenvalue weighted by Crippen LogP contribution is -2.28. The van der Waals surface area contributed by atoms with Crippen molar-refractivity contribution in [3.8, 4) is 16.8 Å². The Balaban J connectivity index is 1.45. The van der Waals surface area contributed by atoms with E-state index in [9.17, 15) is 0 Å². The molecule has 0 fully saturated rings. The van der Waals surface area contributed by atoms with Crippen molar-refractivity contribution in [2.24, 2.45) is 0 Å². The molecule has 2 heteroatoms. The molecular formula is C37H24BrN. The monoisotopic (exact) mass is 561 g/mol. The zero-order valence-corrected chi connectivity index (χ0v) is 22.8. The van der Waals surface area contributed by atoms with E-state index in [-0.39, 0.29) is 0 Å². The lowest BCUT2D eigenvalue weighted by Gasteiger charge is -2.34. The number of nitrogens with zero attached hydrogens (tertiary/aromatic N) is 1. The Hall–Kier alpha value is -4.40. The molecule has 1 aliphatic carbocycles. The van der Waals surface area contributed by atoms with Crippen LogP contribution in [-0.2, 0) is 5.41 Å². The van der Waals surface area contributed by atoms with E-state index in [1.807, 2.05) is 0 Å². The molecule has 0 saturated carbocycles. The van der Waals surface area contributed by atoms with Crippen molar-refractivity contribution in [2.45, 2.75) is 5.41 Å². The highest BCUT2D eigenvalue weighted by Crippen LogP contribution is 2.57. The molecule has 0 saturated heterocycles. The van der Waals surface area contributed by atoms with E-state index < -0.39 is 5.41 Å². The molecule has 1 nitrogen and oxygen atoms in total. The third-order valence-corrected chi connectivity index (χ3v) is 8.87. The molecule has 184 valence electrons. The first kappa shape index (κ1) is 22.6. The second-order valence-electron chi connectivity index (χ2n) is 10.3. The van der Waals surface area contributed by atoms with E-state index in [0.29, 0.717) is 0 Å². The molecule has 0 aliphatic heterocycles. The van der Waals surface area contributed by atoms with Crippen molar-refractivity contribution in [1.82, 2.24) is 4.57 Å². The Kier molecular flexibility index (Phi) is 4.95. The van der Waals surface area contributed by atoms with E-state index in [1.165, 1.54) is 60.7 Å². The molecule has 6 aromatic carbocycles. The van der Waals surface area contributed by atoms with Gasteiger partial charge < -0.3 is 4.57 Å². The van der Waals surface area contributed by atoms with Gasteiger partial charge in [0, 0.05) is 21.7 Å². The van der Waals surface area contributed by atoms with Crippen LogP contribution in [0.15, 0.2) is 150 Å². The summed E-state index contributed by atoms with van der Waals surface area (Å²) < 4.78 is 3.43. The van der Waals surface area contributed by atoms with Gasteiger partial charge in [-0.05, 0) is 80.6 Å². The van der Waals surface area contributed by atoms with Crippen LogP contribution in [0.1, 0.15) is 22.3 Å². The number of aromatic nitrogens is 1. The highest BCUT2D eigenvalue weighted by Gasteiger charge is 2.46. The average molecular weight is 563 g/mol. The summed E-state index contributed by atoms with van der Waals surface area (Å²) in [5, 5.41) is 3.83. The smallest absolute Gasteiger partial charge is 0.0714 e. The molecule has 7 aromatic rings. The van der Waals surface area contributed by atoms with Crippen LogP contribution in [0.3, 0.4) is 0 Å². The summed E-state index contributed by atoms with van der Waals surface area (Å²) in [5.74, 6) is 0. The number of halogens is 1. The van der Waals surface area contributed by atoms with E-state index in [4.69, 9.17) is 0 Å². The molecule has 0 unspecified atom stereocenters. The van der Waals surface area contributed by atoms with Crippen LogP contribution < -0.4 is 0 Å². The minimum Gasteiger partial charge on any atom is -0.317 e. The fourth-order valence-electron chi connectivity index (χ4n) is 6.72. The van der Waals surface area contributed by atoms with Gasteiger partial charge in [0.15, 0.2) is 0 Å². The summed E-state index contributed by atoms with van der Waals surface area (Å²) >= 11 is 3.80. The zero-order chi connectivity index (χ0) is 26.0. The first-order valence-corrected chi connectivity index (χ1v) is 14.1. The van der Waals surface area contributed by atoms with Gasteiger partial charge in [-0.3, -0.25) is 0 Å². The molecule has 1 aromatic heterocycles. The average Bonchev–Trinajstić information content (AvgIpc) is 3.55. The highest BCUT2D eigenvalue weighted by atomic mass is 79.9. The van der Waals surface area contributed by atoms with Crippen LogP contribution in [0.25, 0.3) is 38.5 Å². The maximum absolute atomic E-state index is 3.80. The molecule has 0 bridgehead atoms. The fourth-order valence-corrected chi connectivity index (χ4v) is 7.08. The summed E-state index contributed by atoms with van der Waals surface area (Å²) in [7, 11) is 0. The first-order valence-electron chi connectivity index (χ1n) is 13.3. The molecule has 0 amide bonds. The molecule has 1 aliphatic rings. The van der Waals surface area contributed by atoms with Gasteiger partial charge in [0.25, 0.3) is 0 Å². The van der Waals surface area contributed by atoms with Crippen LogP contribution in [0.2, 0.25) is 0 Å². The van der Waals surface area contributed by atoms with Crippen LogP contribution in [0, 0.1) is 0 Å². The first-order chi connectivity index (χ1) is 19.2. The topological polar surface area (TPSA) is 4.93 Å². The van der Waals surface area contributed by atoms with Gasteiger partial charge in [-0.25, -0.2) is 0 Å². The Morgan fingerprint density at radius 1 is 0.513 bits per heavy atom. The van der Waals surface area contributed by atoms with Crippen molar-refractivity contribution in [3.63, 3.8) is 0 Å². The minimum atomic E-state index is -0.428. The summed E-state index contributed by atoms with van der Waals surface area (Å²) in [4.78, 5) is 0. The van der Waals surface area contributed by atoms with Gasteiger partial charge in [0.1, 0.15) is 0 Å². The molecular weight excluding hydrogens is 538 g/mol. The number of benzene rings is 6. The summed E-state index contributed by atoms with van der Waals surface area (Å²) in [6.45, 7) is 0. The molecule has 8 rings (SSSR count). The number of hydrogen-bond acceptors (Lipinski definition) is 0. The van der Waals surface area contributed by atoms with Crippen LogP contribution in [0.5, 0.6) is 0 Å². The van der Waals surface area contributed by atoms with Crippen LogP contribution in [0.4, 0.5) is 0 Å². The predicted molar refractivity (Wildman–Crippen MR) is 166 cm³/mol. The summed E-state index contributed by atoms with van der Waals surface area (Å²) in [6.07, 6.45) is 2.21. The second kappa shape index (κ2) is 8.56. The maximum Gasteiger partial charge on any atom is 0.0714 e.